The second-order valence-electron chi connectivity index (χ2n) is 9.91. The molecule has 4 heterocycles. The van der Waals surface area contributed by atoms with E-state index >= 15 is 0 Å². The topological polar surface area (TPSA) is 106 Å². The van der Waals surface area contributed by atoms with Gasteiger partial charge in [0.15, 0.2) is 5.65 Å². The quantitative estimate of drug-likeness (QED) is 0.587. The number of aliphatic hydroxyl groups is 1. The first-order chi connectivity index (χ1) is 17.0. The fourth-order valence-corrected chi connectivity index (χ4v) is 5.10. The van der Waals surface area contributed by atoms with Crippen molar-refractivity contribution in [1.29, 1.82) is 0 Å². The second kappa shape index (κ2) is 8.76. The highest BCUT2D eigenvalue weighted by molar-refractivity contribution is 5.81. The van der Waals surface area contributed by atoms with Crippen molar-refractivity contribution >= 4 is 22.6 Å². The van der Waals surface area contributed by atoms with E-state index in [0.717, 1.165) is 37.3 Å². The normalized spacial score (nSPS) is 20.4. The molecular formula is C25H30N6O4. The van der Waals surface area contributed by atoms with Crippen molar-refractivity contribution in [3.05, 3.63) is 47.1 Å². The zero-order valence-electron chi connectivity index (χ0n) is 19.7. The molecule has 3 aromatic rings. The summed E-state index contributed by atoms with van der Waals surface area (Å²) in [6.07, 6.45) is 5.89. The Balaban J connectivity index is 1.22. The molecule has 0 atom stereocenters. The molecule has 2 aliphatic heterocycles. The van der Waals surface area contributed by atoms with Gasteiger partial charge in [0.05, 0.1) is 37.2 Å². The number of aromatic nitrogens is 4. The van der Waals surface area contributed by atoms with Crippen molar-refractivity contribution in [3.8, 4) is 5.69 Å². The van der Waals surface area contributed by atoms with E-state index in [1.165, 1.54) is 10.9 Å². The fourth-order valence-electron chi connectivity index (χ4n) is 5.10. The number of amides is 1. The number of piperidine rings is 1. The first-order valence-electron chi connectivity index (χ1n) is 12.4. The third-order valence-electron chi connectivity index (χ3n) is 7.40. The van der Waals surface area contributed by atoms with E-state index in [0.29, 0.717) is 50.2 Å². The highest BCUT2D eigenvalue weighted by Crippen LogP contribution is 2.33. The van der Waals surface area contributed by atoms with Crippen LogP contribution in [-0.4, -0.2) is 80.2 Å². The van der Waals surface area contributed by atoms with Gasteiger partial charge in [-0.2, -0.15) is 5.10 Å². The Kier molecular flexibility index (Phi) is 5.57. The number of morpholine rings is 1. The van der Waals surface area contributed by atoms with Gasteiger partial charge in [-0.3, -0.25) is 14.2 Å². The number of rotatable bonds is 5. The lowest BCUT2D eigenvalue weighted by molar-refractivity contribution is -0.137. The molecule has 2 aromatic heterocycles. The van der Waals surface area contributed by atoms with E-state index in [1.54, 1.807) is 10.9 Å². The van der Waals surface area contributed by atoms with Crippen LogP contribution in [0.1, 0.15) is 25.7 Å². The zero-order chi connectivity index (χ0) is 24.0. The van der Waals surface area contributed by atoms with Gasteiger partial charge in [0.25, 0.3) is 5.56 Å². The van der Waals surface area contributed by atoms with Crippen molar-refractivity contribution in [2.75, 3.05) is 44.3 Å². The van der Waals surface area contributed by atoms with Gasteiger partial charge in [-0.1, -0.05) is 6.07 Å². The van der Waals surface area contributed by atoms with E-state index in [9.17, 15) is 14.7 Å². The van der Waals surface area contributed by atoms with Crippen LogP contribution in [0.5, 0.6) is 0 Å². The van der Waals surface area contributed by atoms with Gasteiger partial charge in [0, 0.05) is 37.8 Å². The van der Waals surface area contributed by atoms with Crippen LogP contribution in [0.15, 0.2) is 41.6 Å². The highest BCUT2D eigenvalue weighted by Gasteiger charge is 2.39. The van der Waals surface area contributed by atoms with Gasteiger partial charge >= 0.3 is 0 Å². The molecule has 0 unspecified atom stereocenters. The Morgan fingerprint density at radius 2 is 1.86 bits per heavy atom. The van der Waals surface area contributed by atoms with Crippen molar-refractivity contribution < 1.29 is 14.6 Å². The Labute approximate surface area is 202 Å². The first-order valence-corrected chi connectivity index (χ1v) is 12.4. The second-order valence-corrected chi connectivity index (χ2v) is 9.91. The molecule has 1 saturated carbocycles. The number of carbonyl (C=O) groups excluding carboxylic acids is 1. The Morgan fingerprint density at radius 1 is 1.11 bits per heavy atom. The predicted octanol–water partition coefficient (Wildman–Crippen LogP) is 1.18. The maximum atomic E-state index is 13.2. The third-order valence-corrected chi connectivity index (χ3v) is 7.40. The van der Waals surface area contributed by atoms with Crippen molar-refractivity contribution in [1.82, 2.24) is 24.2 Å². The van der Waals surface area contributed by atoms with Crippen LogP contribution in [0.4, 0.5) is 5.69 Å². The standard InChI is InChI=1S/C25H30N6O4/c32-23(18-4-5-18)29-8-6-25(34,7-9-29)16-30-17-26-22-21(24(30)33)15-27-31(22)20-3-1-2-19(14-20)28-10-12-35-13-11-28/h1-3,14-15,17-18,34H,4-13,16H2. The summed E-state index contributed by atoms with van der Waals surface area (Å²) in [6.45, 7) is 4.27. The minimum absolute atomic E-state index is 0.151. The molecular weight excluding hydrogens is 448 g/mol. The molecule has 6 rings (SSSR count). The van der Waals surface area contributed by atoms with Gasteiger partial charge in [-0.25, -0.2) is 9.67 Å². The molecule has 0 bridgehead atoms. The summed E-state index contributed by atoms with van der Waals surface area (Å²) >= 11 is 0. The molecule has 1 amide bonds. The van der Waals surface area contributed by atoms with Crippen LogP contribution in [0.25, 0.3) is 16.7 Å². The lowest BCUT2D eigenvalue weighted by atomic mass is 9.91. The Morgan fingerprint density at radius 3 is 2.60 bits per heavy atom. The molecule has 184 valence electrons. The van der Waals surface area contributed by atoms with Gasteiger partial charge in [-0.15, -0.1) is 0 Å². The van der Waals surface area contributed by atoms with Crippen LogP contribution in [-0.2, 0) is 16.1 Å². The average molecular weight is 479 g/mol. The molecule has 1 aliphatic carbocycles. The third kappa shape index (κ3) is 4.32. The molecule has 1 aromatic carbocycles. The summed E-state index contributed by atoms with van der Waals surface area (Å²) in [5.41, 5.74) is 1.14. The molecule has 35 heavy (non-hydrogen) atoms. The lowest BCUT2D eigenvalue weighted by Gasteiger charge is -2.38. The summed E-state index contributed by atoms with van der Waals surface area (Å²) < 4.78 is 8.60. The molecule has 0 radical (unpaired) electrons. The molecule has 1 N–H and O–H groups in total. The van der Waals surface area contributed by atoms with Crippen LogP contribution in [0.3, 0.4) is 0 Å². The summed E-state index contributed by atoms with van der Waals surface area (Å²) in [4.78, 5) is 34.2. The largest absolute Gasteiger partial charge is 0.388 e. The van der Waals surface area contributed by atoms with E-state index in [-0.39, 0.29) is 23.9 Å². The number of nitrogens with zero attached hydrogens (tertiary/aromatic N) is 6. The van der Waals surface area contributed by atoms with Crippen molar-refractivity contribution in [3.63, 3.8) is 0 Å². The Hall–Kier alpha value is -3.24. The number of likely N-dealkylation sites (tertiary alicyclic amines) is 1. The summed E-state index contributed by atoms with van der Waals surface area (Å²) in [7, 11) is 0. The number of benzene rings is 1. The minimum atomic E-state index is -1.04. The number of ether oxygens (including phenoxy) is 1. The van der Waals surface area contributed by atoms with Crippen LogP contribution in [0.2, 0.25) is 0 Å². The van der Waals surface area contributed by atoms with E-state index in [1.807, 2.05) is 23.1 Å². The zero-order valence-corrected chi connectivity index (χ0v) is 19.7. The molecule has 10 nitrogen and oxygen atoms in total. The fraction of sp³-hybridized carbons (Fsp3) is 0.520. The van der Waals surface area contributed by atoms with Gasteiger partial charge in [-0.05, 0) is 43.9 Å². The summed E-state index contributed by atoms with van der Waals surface area (Å²) in [5, 5.41) is 16.0. The molecule has 3 aliphatic rings. The molecule has 10 heteroatoms. The summed E-state index contributed by atoms with van der Waals surface area (Å²) in [5.74, 6) is 0.388. The smallest absolute Gasteiger partial charge is 0.264 e. The predicted molar refractivity (Wildman–Crippen MR) is 130 cm³/mol. The number of hydrogen-bond acceptors (Lipinski definition) is 7. The maximum Gasteiger partial charge on any atom is 0.264 e. The van der Waals surface area contributed by atoms with Gasteiger partial charge in [0.2, 0.25) is 5.91 Å². The van der Waals surface area contributed by atoms with Crippen molar-refractivity contribution in [2.24, 2.45) is 5.92 Å². The average Bonchev–Trinajstić information content (AvgIpc) is 3.65. The van der Waals surface area contributed by atoms with Crippen LogP contribution < -0.4 is 10.5 Å². The van der Waals surface area contributed by atoms with E-state index < -0.39 is 5.60 Å². The molecule has 3 fully saturated rings. The monoisotopic (exact) mass is 478 g/mol. The molecule has 2 saturated heterocycles. The minimum Gasteiger partial charge on any atom is -0.388 e. The maximum absolute atomic E-state index is 13.2. The lowest BCUT2D eigenvalue weighted by Crippen LogP contribution is -2.50. The number of carbonyl (C=O) groups is 1. The number of anilines is 1. The highest BCUT2D eigenvalue weighted by atomic mass is 16.5. The van der Waals surface area contributed by atoms with Crippen LogP contribution >= 0.6 is 0 Å². The Bertz CT molecular complexity index is 1300. The van der Waals surface area contributed by atoms with Crippen molar-refractivity contribution in [2.45, 2.75) is 37.8 Å². The molecule has 0 spiro atoms. The van der Waals surface area contributed by atoms with E-state index in [2.05, 4.69) is 21.0 Å². The summed E-state index contributed by atoms with van der Waals surface area (Å²) in [6, 6.07) is 8.03. The van der Waals surface area contributed by atoms with Gasteiger partial charge in [0.1, 0.15) is 11.7 Å². The SMILES string of the molecule is O=C(C1CC1)N1CCC(O)(Cn2cnc3c(cnn3-c3cccc(N4CCOCC4)c3)c2=O)CC1. The number of fused-ring (bicyclic) bond motifs is 1. The van der Waals surface area contributed by atoms with Crippen LogP contribution in [0, 0.1) is 5.92 Å². The number of hydrogen-bond donors (Lipinski definition) is 1. The van der Waals surface area contributed by atoms with Gasteiger partial charge < -0.3 is 19.6 Å². The first kappa shape index (κ1) is 22.2. The van der Waals surface area contributed by atoms with E-state index in [4.69, 9.17) is 4.74 Å².